The Bertz CT molecular complexity index is 602. The van der Waals surface area contributed by atoms with Crippen molar-refractivity contribution in [3.05, 3.63) is 35.6 Å². The van der Waals surface area contributed by atoms with Gasteiger partial charge in [-0.05, 0) is 37.1 Å². The quantitative estimate of drug-likeness (QED) is 0.681. The zero-order chi connectivity index (χ0) is 19.1. The number of carbonyl (C=O) groups excluding carboxylic acids is 2. The lowest BCUT2D eigenvalue weighted by Crippen LogP contribution is -2.50. The van der Waals surface area contributed by atoms with Crippen LogP contribution in [0.4, 0.5) is 4.39 Å². The maximum Gasteiger partial charge on any atom is 0.328 e. The van der Waals surface area contributed by atoms with Crippen molar-refractivity contribution in [1.82, 2.24) is 10.6 Å². The number of benzene rings is 1. The van der Waals surface area contributed by atoms with E-state index in [4.69, 9.17) is 9.47 Å². The minimum absolute atomic E-state index is 0.120. The SMILES string of the molecule is COC(=O)C(Cc1ccc(F)cc1)NC(=O)C(C)C(OC)[C@@H]1CCCN1. The molecule has 2 rings (SSSR count). The first kappa shape index (κ1) is 20.3. The first-order valence-electron chi connectivity index (χ1n) is 8.85. The van der Waals surface area contributed by atoms with Gasteiger partial charge in [0.1, 0.15) is 11.9 Å². The van der Waals surface area contributed by atoms with Crippen LogP contribution in [0.5, 0.6) is 0 Å². The van der Waals surface area contributed by atoms with Gasteiger partial charge in [0.25, 0.3) is 0 Å². The number of hydrogen-bond acceptors (Lipinski definition) is 5. The molecule has 1 saturated heterocycles. The molecule has 26 heavy (non-hydrogen) atoms. The molecule has 1 aromatic rings. The van der Waals surface area contributed by atoms with Gasteiger partial charge in [-0.2, -0.15) is 0 Å². The first-order chi connectivity index (χ1) is 12.5. The smallest absolute Gasteiger partial charge is 0.328 e. The molecule has 7 heteroatoms. The fraction of sp³-hybridized carbons (Fsp3) is 0.579. The normalized spacial score (nSPS) is 20.2. The minimum Gasteiger partial charge on any atom is -0.467 e. The van der Waals surface area contributed by atoms with Crippen LogP contribution < -0.4 is 10.6 Å². The predicted molar refractivity (Wildman–Crippen MR) is 95.0 cm³/mol. The van der Waals surface area contributed by atoms with Crippen LogP contribution in [0.25, 0.3) is 0 Å². The molecule has 3 unspecified atom stereocenters. The molecule has 1 fully saturated rings. The van der Waals surface area contributed by atoms with E-state index in [1.54, 1.807) is 26.2 Å². The van der Waals surface area contributed by atoms with E-state index in [-0.39, 0.29) is 30.3 Å². The zero-order valence-corrected chi connectivity index (χ0v) is 15.5. The van der Waals surface area contributed by atoms with Crippen molar-refractivity contribution in [3.63, 3.8) is 0 Å². The molecule has 6 nitrogen and oxygen atoms in total. The van der Waals surface area contributed by atoms with Gasteiger partial charge in [0, 0.05) is 19.6 Å². The largest absolute Gasteiger partial charge is 0.467 e. The van der Waals surface area contributed by atoms with Crippen LogP contribution in [0.1, 0.15) is 25.3 Å². The standard InChI is InChI=1S/C19H27FN2O4/c1-12(17(25-2)15-5-4-10-21-15)18(23)22-16(19(24)26-3)11-13-6-8-14(20)9-7-13/h6-9,12,15-17,21H,4-5,10-11H2,1-3H3,(H,22,23)/t12?,15-,16?,17?/m0/s1. The maximum absolute atomic E-state index is 13.1. The monoisotopic (exact) mass is 366 g/mol. The number of hydrogen-bond donors (Lipinski definition) is 2. The van der Waals surface area contributed by atoms with Crippen molar-refractivity contribution >= 4 is 11.9 Å². The van der Waals surface area contributed by atoms with Gasteiger partial charge in [-0.1, -0.05) is 19.1 Å². The van der Waals surface area contributed by atoms with Crippen molar-refractivity contribution in [2.45, 2.75) is 44.4 Å². The van der Waals surface area contributed by atoms with Gasteiger partial charge in [-0.15, -0.1) is 0 Å². The Labute approximate surface area is 153 Å². The highest BCUT2D eigenvalue weighted by atomic mass is 19.1. The van der Waals surface area contributed by atoms with Gasteiger partial charge >= 0.3 is 5.97 Å². The highest BCUT2D eigenvalue weighted by Gasteiger charge is 2.34. The summed E-state index contributed by atoms with van der Waals surface area (Å²) in [5.41, 5.74) is 0.732. The average Bonchev–Trinajstić information content (AvgIpc) is 3.17. The summed E-state index contributed by atoms with van der Waals surface area (Å²) in [4.78, 5) is 24.8. The van der Waals surface area contributed by atoms with E-state index in [2.05, 4.69) is 10.6 Å². The Hall–Kier alpha value is -1.99. The van der Waals surface area contributed by atoms with Crippen LogP contribution in [-0.2, 0) is 25.5 Å². The van der Waals surface area contributed by atoms with Gasteiger partial charge in [-0.25, -0.2) is 9.18 Å². The minimum atomic E-state index is -0.838. The molecule has 1 aliphatic rings. The van der Waals surface area contributed by atoms with E-state index < -0.39 is 17.9 Å². The molecule has 1 heterocycles. The van der Waals surface area contributed by atoms with Crippen molar-refractivity contribution in [2.24, 2.45) is 5.92 Å². The fourth-order valence-electron chi connectivity index (χ4n) is 3.35. The van der Waals surface area contributed by atoms with Crippen LogP contribution in [0.2, 0.25) is 0 Å². The molecule has 2 N–H and O–H groups in total. The van der Waals surface area contributed by atoms with Gasteiger partial charge in [0.15, 0.2) is 0 Å². The number of carbonyl (C=O) groups is 2. The molecule has 0 bridgehead atoms. The first-order valence-corrected chi connectivity index (χ1v) is 8.85. The zero-order valence-electron chi connectivity index (χ0n) is 15.5. The molecule has 0 spiro atoms. The van der Waals surface area contributed by atoms with Gasteiger partial charge in [0.05, 0.1) is 19.1 Å². The van der Waals surface area contributed by atoms with E-state index in [0.717, 1.165) is 24.9 Å². The van der Waals surface area contributed by atoms with Crippen LogP contribution in [0, 0.1) is 11.7 Å². The van der Waals surface area contributed by atoms with E-state index in [0.29, 0.717) is 0 Å². The Morgan fingerprint density at radius 1 is 1.31 bits per heavy atom. The molecule has 0 radical (unpaired) electrons. The van der Waals surface area contributed by atoms with Crippen molar-refractivity contribution in [1.29, 1.82) is 0 Å². The lowest BCUT2D eigenvalue weighted by atomic mass is 9.95. The number of esters is 1. The number of ether oxygens (including phenoxy) is 2. The fourth-order valence-corrected chi connectivity index (χ4v) is 3.35. The molecular formula is C19H27FN2O4. The summed E-state index contributed by atoms with van der Waals surface area (Å²) >= 11 is 0. The molecular weight excluding hydrogens is 339 g/mol. The molecule has 1 amide bonds. The molecule has 0 aromatic heterocycles. The van der Waals surface area contributed by atoms with E-state index in [1.165, 1.54) is 19.2 Å². The summed E-state index contributed by atoms with van der Waals surface area (Å²) in [6.07, 6.45) is 1.95. The van der Waals surface area contributed by atoms with Crippen molar-refractivity contribution in [3.8, 4) is 0 Å². The van der Waals surface area contributed by atoms with E-state index in [1.807, 2.05) is 0 Å². The number of rotatable bonds is 8. The summed E-state index contributed by atoms with van der Waals surface area (Å²) in [5.74, 6) is -1.60. The Morgan fingerprint density at radius 2 is 2.00 bits per heavy atom. The van der Waals surface area contributed by atoms with Crippen molar-refractivity contribution < 1.29 is 23.5 Å². The van der Waals surface area contributed by atoms with Crippen LogP contribution in [-0.4, -0.2) is 50.8 Å². The second-order valence-electron chi connectivity index (χ2n) is 6.61. The number of halogens is 1. The van der Waals surface area contributed by atoms with Crippen molar-refractivity contribution in [2.75, 3.05) is 20.8 Å². The Balaban J connectivity index is 2.04. The number of amides is 1. The second-order valence-corrected chi connectivity index (χ2v) is 6.61. The molecule has 0 saturated carbocycles. The Morgan fingerprint density at radius 3 is 2.54 bits per heavy atom. The second kappa shape index (κ2) is 9.64. The van der Waals surface area contributed by atoms with Gasteiger partial charge < -0.3 is 20.1 Å². The lowest BCUT2D eigenvalue weighted by Gasteiger charge is -2.28. The summed E-state index contributed by atoms with van der Waals surface area (Å²) in [5, 5.41) is 6.10. The van der Waals surface area contributed by atoms with Gasteiger partial charge in [-0.3, -0.25) is 4.79 Å². The maximum atomic E-state index is 13.1. The average molecular weight is 366 g/mol. The highest BCUT2D eigenvalue weighted by molar-refractivity contribution is 5.86. The molecule has 1 aromatic carbocycles. The molecule has 144 valence electrons. The van der Waals surface area contributed by atoms with E-state index >= 15 is 0 Å². The summed E-state index contributed by atoms with van der Waals surface area (Å²) in [6, 6.07) is 5.09. The Kier molecular flexibility index (Phi) is 7.53. The van der Waals surface area contributed by atoms with E-state index in [9.17, 15) is 14.0 Å². The molecule has 0 aliphatic carbocycles. The lowest BCUT2D eigenvalue weighted by molar-refractivity contribution is -0.146. The number of methoxy groups -OCH3 is 2. The third-order valence-electron chi connectivity index (χ3n) is 4.83. The van der Waals surface area contributed by atoms with Crippen LogP contribution >= 0.6 is 0 Å². The summed E-state index contributed by atoms with van der Waals surface area (Å²) in [6.45, 7) is 2.70. The highest BCUT2D eigenvalue weighted by Crippen LogP contribution is 2.19. The molecule has 4 atom stereocenters. The molecule has 1 aliphatic heterocycles. The topological polar surface area (TPSA) is 76.7 Å². The van der Waals surface area contributed by atoms with Gasteiger partial charge in [0.2, 0.25) is 5.91 Å². The van der Waals surface area contributed by atoms with Crippen LogP contribution in [0.3, 0.4) is 0 Å². The summed E-state index contributed by atoms with van der Waals surface area (Å²) < 4.78 is 23.4. The third kappa shape index (κ3) is 5.25. The number of nitrogens with one attached hydrogen (secondary N) is 2. The summed E-state index contributed by atoms with van der Waals surface area (Å²) in [7, 11) is 2.86. The predicted octanol–water partition coefficient (Wildman–Crippen LogP) is 1.43. The third-order valence-corrected chi connectivity index (χ3v) is 4.83. The van der Waals surface area contributed by atoms with Crippen LogP contribution in [0.15, 0.2) is 24.3 Å².